The molecule has 1 atom stereocenters. The van der Waals surface area contributed by atoms with E-state index >= 15 is 0 Å². The fourth-order valence-electron chi connectivity index (χ4n) is 4.15. The highest BCUT2D eigenvalue weighted by molar-refractivity contribution is 6.33. The average Bonchev–Trinajstić information content (AvgIpc) is 2.99. The molecule has 0 fully saturated rings. The molecule has 2 amide bonds. The number of carbonyl (C=O) groups excluding carboxylic acids is 2. The summed E-state index contributed by atoms with van der Waals surface area (Å²) in [7, 11) is 0. The largest absolute Gasteiger partial charge is 0.269 e. The van der Waals surface area contributed by atoms with E-state index in [0.29, 0.717) is 11.1 Å². The Morgan fingerprint density at radius 3 is 1.48 bits per heavy atom. The third-order valence-corrected chi connectivity index (χ3v) is 5.47. The van der Waals surface area contributed by atoms with Crippen molar-refractivity contribution in [3.05, 3.63) is 95.6 Å². The van der Waals surface area contributed by atoms with Crippen LogP contribution < -0.4 is 0 Å². The Hall–Kier alpha value is -3.46. The average molecular weight is 351 g/mol. The molecular weight excluding hydrogens is 334 g/mol. The van der Waals surface area contributed by atoms with E-state index < -0.39 is 0 Å². The molecule has 0 spiro atoms. The molecule has 0 N–H and O–H groups in total. The van der Waals surface area contributed by atoms with Gasteiger partial charge >= 0.3 is 0 Å². The summed E-state index contributed by atoms with van der Waals surface area (Å²) in [5.74, 6) is -0.429. The first-order valence-electron chi connectivity index (χ1n) is 9.05. The minimum atomic E-state index is -0.323. The zero-order chi connectivity index (χ0) is 18.5. The summed E-state index contributed by atoms with van der Waals surface area (Å²) in [6.45, 7) is 1.90. The van der Waals surface area contributed by atoms with Crippen LogP contribution in [0.2, 0.25) is 0 Å². The van der Waals surface area contributed by atoms with Crippen molar-refractivity contribution in [3.8, 4) is 0 Å². The maximum Gasteiger partial charge on any atom is 0.262 e. The Bertz CT molecular complexity index is 1150. The number of hydrogen-bond acceptors (Lipinski definition) is 2. The van der Waals surface area contributed by atoms with E-state index in [0.717, 1.165) is 27.1 Å². The fourth-order valence-corrected chi connectivity index (χ4v) is 4.15. The predicted molar refractivity (Wildman–Crippen MR) is 107 cm³/mol. The summed E-state index contributed by atoms with van der Waals surface area (Å²) in [4.78, 5) is 28.2. The number of nitrogens with zero attached hydrogens (tertiary/aromatic N) is 1. The second-order valence-electron chi connectivity index (χ2n) is 6.91. The van der Waals surface area contributed by atoms with Gasteiger partial charge in [-0.15, -0.1) is 0 Å². The van der Waals surface area contributed by atoms with Crippen LogP contribution in [-0.4, -0.2) is 16.7 Å². The lowest BCUT2D eigenvalue weighted by Gasteiger charge is -2.22. The SMILES string of the molecule is C[C@H](c1ccccc1)N1C(=O)c2c(c3ccccc3c3ccccc23)C1=O. The van der Waals surface area contributed by atoms with E-state index in [1.807, 2.05) is 85.8 Å². The maximum absolute atomic E-state index is 13.4. The van der Waals surface area contributed by atoms with Gasteiger partial charge in [0, 0.05) is 0 Å². The highest BCUT2D eigenvalue weighted by atomic mass is 16.2. The van der Waals surface area contributed by atoms with Gasteiger partial charge in [0.05, 0.1) is 17.2 Å². The maximum atomic E-state index is 13.4. The zero-order valence-electron chi connectivity index (χ0n) is 14.8. The Kier molecular flexibility index (Phi) is 3.37. The van der Waals surface area contributed by atoms with Crippen LogP contribution in [0.15, 0.2) is 78.9 Å². The molecule has 1 aliphatic heterocycles. The van der Waals surface area contributed by atoms with Crippen LogP contribution in [-0.2, 0) is 0 Å². The number of fused-ring (bicyclic) bond motifs is 6. The summed E-state index contributed by atoms with van der Waals surface area (Å²) in [6.07, 6.45) is 0. The van der Waals surface area contributed by atoms with Crippen LogP contribution in [0.5, 0.6) is 0 Å². The molecule has 0 unspecified atom stereocenters. The molecule has 3 nitrogen and oxygen atoms in total. The molecule has 5 rings (SSSR count). The second kappa shape index (κ2) is 5.78. The lowest BCUT2D eigenvalue weighted by atomic mass is 9.93. The molecule has 4 aromatic rings. The van der Waals surface area contributed by atoms with Crippen molar-refractivity contribution < 1.29 is 9.59 Å². The minimum Gasteiger partial charge on any atom is -0.269 e. The summed E-state index contributed by atoms with van der Waals surface area (Å²) in [5.41, 5.74) is 2.00. The van der Waals surface area contributed by atoms with Crippen LogP contribution >= 0.6 is 0 Å². The lowest BCUT2D eigenvalue weighted by Crippen LogP contribution is -2.32. The van der Waals surface area contributed by atoms with Gasteiger partial charge in [-0.25, -0.2) is 0 Å². The van der Waals surface area contributed by atoms with E-state index in [-0.39, 0.29) is 17.9 Å². The van der Waals surface area contributed by atoms with Crippen LogP contribution in [0.3, 0.4) is 0 Å². The number of benzene rings is 4. The molecule has 130 valence electrons. The van der Waals surface area contributed by atoms with Crippen LogP contribution in [0, 0.1) is 0 Å². The van der Waals surface area contributed by atoms with Gasteiger partial charge < -0.3 is 0 Å². The molecule has 1 heterocycles. The minimum absolute atomic E-state index is 0.215. The molecule has 0 aliphatic carbocycles. The second-order valence-corrected chi connectivity index (χ2v) is 6.91. The van der Waals surface area contributed by atoms with Crippen molar-refractivity contribution in [2.24, 2.45) is 0 Å². The van der Waals surface area contributed by atoms with E-state index in [1.165, 1.54) is 4.90 Å². The van der Waals surface area contributed by atoms with Gasteiger partial charge in [0.2, 0.25) is 0 Å². The normalized spacial score (nSPS) is 14.8. The van der Waals surface area contributed by atoms with E-state index in [2.05, 4.69) is 0 Å². The van der Waals surface area contributed by atoms with E-state index in [9.17, 15) is 9.59 Å². The van der Waals surface area contributed by atoms with Crippen molar-refractivity contribution in [2.45, 2.75) is 13.0 Å². The quantitative estimate of drug-likeness (QED) is 0.361. The molecule has 3 heteroatoms. The Morgan fingerprint density at radius 2 is 1.00 bits per heavy atom. The molecule has 0 saturated carbocycles. The molecule has 0 radical (unpaired) electrons. The first kappa shape index (κ1) is 15.8. The number of carbonyl (C=O) groups is 2. The first-order chi connectivity index (χ1) is 13.2. The number of imide groups is 1. The molecule has 0 aromatic heterocycles. The van der Waals surface area contributed by atoms with Gasteiger partial charge in [-0.3, -0.25) is 14.5 Å². The molecule has 27 heavy (non-hydrogen) atoms. The standard InChI is InChI=1S/C24H17NO2/c1-15(16-9-3-2-4-10-16)25-23(26)21-19-13-7-5-11-17(19)18-12-6-8-14-20(18)22(21)24(25)27/h2-15H,1H3/t15-/m1/s1. The Morgan fingerprint density at radius 1 is 0.593 bits per heavy atom. The van der Waals surface area contributed by atoms with Crippen molar-refractivity contribution in [2.75, 3.05) is 0 Å². The topological polar surface area (TPSA) is 37.4 Å². The zero-order valence-corrected chi connectivity index (χ0v) is 14.8. The molecule has 4 aromatic carbocycles. The highest BCUT2D eigenvalue weighted by Crippen LogP contribution is 2.40. The van der Waals surface area contributed by atoms with Crippen molar-refractivity contribution in [1.29, 1.82) is 0 Å². The Labute approximate surface area is 156 Å². The summed E-state index contributed by atoms with van der Waals surface area (Å²) < 4.78 is 0. The predicted octanol–water partition coefficient (Wildman–Crippen LogP) is 5.35. The Balaban J connectivity index is 1.80. The van der Waals surface area contributed by atoms with Gasteiger partial charge in [-0.05, 0) is 34.0 Å². The van der Waals surface area contributed by atoms with Crippen molar-refractivity contribution in [1.82, 2.24) is 4.90 Å². The monoisotopic (exact) mass is 351 g/mol. The lowest BCUT2D eigenvalue weighted by molar-refractivity contribution is 0.0596. The van der Waals surface area contributed by atoms with Crippen LogP contribution in [0.4, 0.5) is 0 Å². The summed E-state index contributed by atoms with van der Waals surface area (Å²) in [5, 5.41) is 3.68. The van der Waals surface area contributed by atoms with Crippen molar-refractivity contribution in [3.63, 3.8) is 0 Å². The molecular formula is C24H17NO2. The fraction of sp³-hybridized carbons (Fsp3) is 0.0833. The van der Waals surface area contributed by atoms with Gasteiger partial charge in [0.25, 0.3) is 11.8 Å². The molecule has 0 saturated heterocycles. The smallest absolute Gasteiger partial charge is 0.262 e. The number of hydrogen-bond donors (Lipinski definition) is 0. The highest BCUT2D eigenvalue weighted by Gasteiger charge is 2.41. The van der Waals surface area contributed by atoms with Gasteiger partial charge in [-0.2, -0.15) is 0 Å². The van der Waals surface area contributed by atoms with Crippen LogP contribution in [0.25, 0.3) is 21.5 Å². The first-order valence-corrected chi connectivity index (χ1v) is 9.05. The summed E-state index contributed by atoms with van der Waals surface area (Å²) >= 11 is 0. The molecule has 0 bridgehead atoms. The van der Waals surface area contributed by atoms with E-state index in [4.69, 9.17) is 0 Å². The van der Waals surface area contributed by atoms with Gasteiger partial charge in [0.15, 0.2) is 0 Å². The van der Waals surface area contributed by atoms with Gasteiger partial charge in [-0.1, -0.05) is 78.9 Å². The molecule has 1 aliphatic rings. The van der Waals surface area contributed by atoms with Crippen molar-refractivity contribution >= 4 is 33.4 Å². The van der Waals surface area contributed by atoms with Gasteiger partial charge in [0.1, 0.15) is 0 Å². The number of rotatable bonds is 2. The number of amides is 2. The van der Waals surface area contributed by atoms with Crippen LogP contribution in [0.1, 0.15) is 39.2 Å². The third kappa shape index (κ3) is 2.15. The third-order valence-electron chi connectivity index (χ3n) is 5.47. The summed E-state index contributed by atoms with van der Waals surface area (Å²) in [6, 6.07) is 25.0. The van der Waals surface area contributed by atoms with E-state index in [1.54, 1.807) is 0 Å².